The van der Waals surface area contributed by atoms with Gasteiger partial charge >= 0.3 is 10.2 Å². The SMILES string of the molecule is O=CN(c1cccc(O)c1)S(=O)(=O)Nc1ccccc1. The number of amides is 1. The Labute approximate surface area is 116 Å². The maximum atomic E-state index is 12.1. The number of carbonyl (C=O) groups excluding carboxylic acids is 1. The lowest BCUT2D eigenvalue weighted by atomic mass is 10.3. The number of nitrogens with zero attached hydrogens (tertiary/aromatic N) is 1. The standard InChI is InChI=1S/C13H12N2O4S/c16-10-15(12-7-4-8-13(17)9-12)20(18,19)14-11-5-2-1-3-6-11/h1-10,14,17H. The van der Waals surface area contributed by atoms with E-state index in [-0.39, 0.29) is 17.8 Å². The first kappa shape index (κ1) is 13.9. The normalized spacial score (nSPS) is 10.8. The van der Waals surface area contributed by atoms with Crippen molar-refractivity contribution in [3.8, 4) is 5.75 Å². The van der Waals surface area contributed by atoms with Gasteiger partial charge in [0.2, 0.25) is 6.41 Å². The third-order valence-electron chi connectivity index (χ3n) is 2.46. The molecule has 0 radical (unpaired) electrons. The Kier molecular flexibility index (Phi) is 3.90. The van der Waals surface area contributed by atoms with Crippen LogP contribution in [0.1, 0.15) is 0 Å². The Morgan fingerprint density at radius 3 is 2.35 bits per heavy atom. The molecule has 0 spiro atoms. The van der Waals surface area contributed by atoms with Gasteiger partial charge in [0.05, 0.1) is 11.4 Å². The summed E-state index contributed by atoms with van der Waals surface area (Å²) in [7, 11) is -4.09. The lowest BCUT2D eigenvalue weighted by Crippen LogP contribution is -2.34. The molecule has 0 aliphatic rings. The lowest BCUT2D eigenvalue weighted by Gasteiger charge is -2.18. The summed E-state index contributed by atoms with van der Waals surface area (Å²) in [6.45, 7) is 0. The maximum absolute atomic E-state index is 12.1. The third-order valence-corrected chi connectivity index (χ3v) is 3.77. The molecular formula is C13H12N2O4S. The molecule has 20 heavy (non-hydrogen) atoms. The molecule has 0 aliphatic heterocycles. The van der Waals surface area contributed by atoms with Crippen LogP contribution in [0.25, 0.3) is 0 Å². The van der Waals surface area contributed by atoms with Crippen LogP contribution < -0.4 is 9.03 Å². The van der Waals surface area contributed by atoms with E-state index in [4.69, 9.17) is 0 Å². The van der Waals surface area contributed by atoms with E-state index < -0.39 is 10.2 Å². The minimum Gasteiger partial charge on any atom is -0.508 e. The molecule has 1 amide bonds. The molecule has 2 N–H and O–H groups in total. The van der Waals surface area contributed by atoms with Crippen molar-refractivity contribution in [2.24, 2.45) is 0 Å². The Morgan fingerprint density at radius 1 is 1.05 bits per heavy atom. The van der Waals surface area contributed by atoms with Crippen molar-refractivity contribution < 1.29 is 18.3 Å². The van der Waals surface area contributed by atoms with E-state index >= 15 is 0 Å². The van der Waals surface area contributed by atoms with Gasteiger partial charge in [0, 0.05) is 6.07 Å². The molecule has 0 aliphatic carbocycles. The number of anilines is 2. The van der Waals surface area contributed by atoms with Crippen LogP contribution in [0, 0.1) is 0 Å². The molecule has 2 rings (SSSR count). The van der Waals surface area contributed by atoms with Gasteiger partial charge in [0.1, 0.15) is 5.75 Å². The fourth-order valence-corrected chi connectivity index (χ4v) is 2.63. The highest BCUT2D eigenvalue weighted by atomic mass is 32.2. The fourth-order valence-electron chi connectivity index (χ4n) is 1.59. The molecule has 7 heteroatoms. The number of rotatable bonds is 5. The van der Waals surface area contributed by atoms with E-state index in [2.05, 4.69) is 4.72 Å². The van der Waals surface area contributed by atoms with Crippen molar-refractivity contribution in [2.75, 3.05) is 9.03 Å². The van der Waals surface area contributed by atoms with Gasteiger partial charge in [-0.3, -0.25) is 9.52 Å². The van der Waals surface area contributed by atoms with E-state index in [0.29, 0.717) is 9.99 Å². The molecule has 0 saturated heterocycles. The van der Waals surface area contributed by atoms with Crippen molar-refractivity contribution in [3.63, 3.8) is 0 Å². The van der Waals surface area contributed by atoms with Gasteiger partial charge in [-0.25, -0.2) is 0 Å². The number of benzene rings is 2. The van der Waals surface area contributed by atoms with Crippen LogP contribution in [-0.2, 0) is 15.0 Å². The molecule has 104 valence electrons. The zero-order chi connectivity index (χ0) is 14.6. The van der Waals surface area contributed by atoms with Crippen molar-refractivity contribution in [2.45, 2.75) is 0 Å². The molecule has 0 heterocycles. The van der Waals surface area contributed by atoms with E-state index in [1.165, 1.54) is 24.3 Å². The Bertz CT molecular complexity index is 701. The lowest BCUT2D eigenvalue weighted by molar-refractivity contribution is -0.106. The highest BCUT2D eigenvalue weighted by Crippen LogP contribution is 2.22. The first-order valence-corrected chi connectivity index (χ1v) is 7.08. The van der Waals surface area contributed by atoms with Crippen molar-refractivity contribution >= 4 is 28.0 Å². The second kappa shape index (κ2) is 5.62. The number of aromatic hydroxyl groups is 1. The first-order valence-electron chi connectivity index (χ1n) is 5.64. The average Bonchev–Trinajstić information content (AvgIpc) is 2.39. The van der Waals surface area contributed by atoms with Crippen LogP contribution in [0.4, 0.5) is 11.4 Å². The Balaban J connectivity index is 2.33. The predicted molar refractivity (Wildman–Crippen MR) is 75.6 cm³/mol. The molecule has 2 aromatic carbocycles. The van der Waals surface area contributed by atoms with Crippen LogP contribution in [0.3, 0.4) is 0 Å². The summed E-state index contributed by atoms with van der Waals surface area (Å²) in [5, 5.41) is 9.36. The van der Waals surface area contributed by atoms with Gasteiger partial charge < -0.3 is 5.11 Å². The molecule has 0 atom stereocenters. The monoisotopic (exact) mass is 292 g/mol. The minimum absolute atomic E-state index is 0.0448. The zero-order valence-corrected chi connectivity index (χ0v) is 11.1. The number of carbonyl (C=O) groups is 1. The molecule has 0 unspecified atom stereocenters. The quantitative estimate of drug-likeness (QED) is 0.821. The largest absolute Gasteiger partial charge is 0.508 e. The first-order chi connectivity index (χ1) is 9.53. The van der Waals surface area contributed by atoms with Crippen LogP contribution in [0.2, 0.25) is 0 Å². The Hall–Kier alpha value is -2.54. The molecular weight excluding hydrogens is 280 g/mol. The van der Waals surface area contributed by atoms with Gasteiger partial charge in [-0.05, 0) is 24.3 Å². The summed E-state index contributed by atoms with van der Waals surface area (Å²) in [6, 6.07) is 13.6. The van der Waals surface area contributed by atoms with Gasteiger partial charge in [-0.1, -0.05) is 24.3 Å². The number of nitrogens with one attached hydrogen (secondary N) is 1. The maximum Gasteiger partial charge on any atom is 0.330 e. The van der Waals surface area contributed by atoms with E-state index in [9.17, 15) is 18.3 Å². The molecule has 2 aromatic rings. The second-order valence-corrected chi connectivity index (χ2v) is 5.44. The molecule has 0 saturated carbocycles. The number of phenols is 1. The smallest absolute Gasteiger partial charge is 0.330 e. The summed E-state index contributed by atoms with van der Waals surface area (Å²) in [5.74, 6) is -0.135. The van der Waals surface area contributed by atoms with Gasteiger partial charge in [0.15, 0.2) is 0 Å². The number of phenolic OH excluding ortho intramolecular Hbond substituents is 1. The van der Waals surface area contributed by atoms with Gasteiger partial charge in [0.25, 0.3) is 0 Å². The second-order valence-electron chi connectivity index (χ2n) is 3.89. The minimum atomic E-state index is -4.09. The Morgan fingerprint density at radius 2 is 1.75 bits per heavy atom. The number of para-hydroxylation sites is 1. The summed E-state index contributed by atoms with van der Waals surface area (Å²) in [6.07, 6.45) is 0.167. The van der Waals surface area contributed by atoms with E-state index in [1.54, 1.807) is 30.3 Å². The summed E-state index contributed by atoms with van der Waals surface area (Å²) in [4.78, 5) is 11.1. The van der Waals surface area contributed by atoms with E-state index in [1.807, 2.05) is 0 Å². The summed E-state index contributed by atoms with van der Waals surface area (Å²) < 4.78 is 27.1. The third kappa shape index (κ3) is 3.07. The van der Waals surface area contributed by atoms with E-state index in [0.717, 1.165) is 0 Å². The molecule has 0 fully saturated rings. The average molecular weight is 292 g/mol. The van der Waals surface area contributed by atoms with Gasteiger partial charge in [-0.15, -0.1) is 0 Å². The van der Waals surface area contributed by atoms with Crippen LogP contribution in [0.15, 0.2) is 54.6 Å². The van der Waals surface area contributed by atoms with Crippen LogP contribution in [-0.4, -0.2) is 19.9 Å². The van der Waals surface area contributed by atoms with Gasteiger partial charge in [-0.2, -0.15) is 12.7 Å². The molecule has 0 aromatic heterocycles. The highest BCUT2D eigenvalue weighted by Gasteiger charge is 2.22. The zero-order valence-electron chi connectivity index (χ0n) is 10.3. The van der Waals surface area contributed by atoms with Crippen LogP contribution >= 0.6 is 0 Å². The molecule has 6 nitrogen and oxygen atoms in total. The predicted octanol–water partition coefficient (Wildman–Crippen LogP) is 1.71. The highest BCUT2D eigenvalue weighted by molar-refractivity contribution is 7.94. The fraction of sp³-hybridized carbons (Fsp3) is 0. The topological polar surface area (TPSA) is 86.7 Å². The van der Waals surface area contributed by atoms with Crippen LogP contribution in [0.5, 0.6) is 5.75 Å². The van der Waals surface area contributed by atoms with Crippen molar-refractivity contribution in [3.05, 3.63) is 54.6 Å². The summed E-state index contributed by atoms with van der Waals surface area (Å²) in [5.41, 5.74) is 0.378. The summed E-state index contributed by atoms with van der Waals surface area (Å²) >= 11 is 0. The molecule has 0 bridgehead atoms. The number of hydrogen-bond donors (Lipinski definition) is 2. The van der Waals surface area contributed by atoms with Crippen molar-refractivity contribution in [1.29, 1.82) is 0 Å². The van der Waals surface area contributed by atoms with Crippen molar-refractivity contribution in [1.82, 2.24) is 0 Å². The number of hydrogen-bond acceptors (Lipinski definition) is 4.